The van der Waals surface area contributed by atoms with Crippen LogP contribution in [-0.2, 0) is 9.47 Å². The van der Waals surface area contributed by atoms with E-state index in [0.29, 0.717) is 19.8 Å². The Balaban J connectivity index is 0.00000264. The number of halogens is 1. The van der Waals surface area contributed by atoms with Crippen molar-refractivity contribution >= 4 is 41.3 Å². The van der Waals surface area contributed by atoms with Crippen molar-refractivity contribution in [2.75, 3.05) is 32.9 Å². The normalized spacial score (nSPS) is 19.2. The molecule has 7 heteroatoms. The van der Waals surface area contributed by atoms with E-state index in [2.05, 4.69) is 47.0 Å². The fourth-order valence-corrected chi connectivity index (χ4v) is 3.08. The molecule has 1 aromatic rings. The molecule has 0 aromatic carbocycles. The summed E-state index contributed by atoms with van der Waals surface area (Å²) in [7, 11) is 0. The van der Waals surface area contributed by atoms with E-state index in [0.717, 1.165) is 32.0 Å². The van der Waals surface area contributed by atoms with Gasteiger partial charge in [-0.25, -0.2) is 0 Å². The number of hydrogen-bond donors (Lipinski definition) is 2. The zero-order valence-electron chi connectivity index (χ0n) is 13.9. The number of hydrogen-bond acceptors (Lipinski definition) is 4. The van der Waals surface area contributed by atoms with Crippen molar-refractivity contribution in [2.24, 2.45) is 4.99 Å². The van der Waals surface area contributed by atoms with E-state index in [9.17, 15) is 0 Å². The Morgan fingerprint density at radius 3 is 3.09 bits per heavy atom. The van der Waals surface area contributed by atoms with Gasteiger partial charge < -0.3 is 20.1 Å². The highest BCUT2D eigenvalue weighted by Gasteiger charge is 2.15. The third-order valence-corrected chi connectivity index (χ3v) is 4.56. The second kappa shape index (κ2) is 12.0. The molecule has 0 radical (unpaired) electrons. The number of rotatable bonds is 8. The van der Waals surface area contributed by atoms with Crippen LogP contribution >= 0.6 is 35.3 Å². The van der Waals surface area contributed by atoms with Crippen LogP contribution in [0.2, 0.25) is 0 Å². The molecule has 1 aromatic heterocycles. The molecule has 1 aliphatic heterocycles. The van der Waals surface area contributed by atoms with E-state index in [4.69, 9.17) is 9.47 Å². The maximum Gasteiger partial charge on any atom is 0.191 e. The van der Waals surface area contributed by atoms with Crippen LogP contribution in [0.1, 0.15) is 37.6 Å². The summed E-state index contributed by atoms with van der Waals surface area (Å²) in [5.74, 6) is 0.837. The van der Waals surface area contributed by atoms with Crippen LogP contribution in [0.3, 0.4) is 0 Å². The van der Waals surface area contributed by atoms with E-state index < -0.39 is 0 Å². The molecule has 0 amide bonds. The number of aliphatic imine (C=N–C) groups is 1. The zero-order chi connectivity index (χ0) is 15.6. The van der Waals surface area contributed by atoms with Crippen molar-refractivity contribution < 1.29 is 9.47 Å². The molecule has 132 valence electrons. The average Bonchev–Trinajstić information content (AvgIpc) is 3.20. The Morgan fingerprint density at radius 1 is 1.57 bits per heavy atom. The predicted octanol–water partition coefficient (Wildman–Crippen LogP) is 3.18. The minimum Gasteiger partial charge on any atom is -0.377 e. The highest BCUT2D eigenvalue weighted by Crippen LogP contribution is 2.17. The lowest BCUT2D eigenvalue weighted by Gasteiger charge is -2.16. The molecule has 1 saturated heterocycles. The van der Waals surface area contributed by atoms with Gasteiger partial charge in [0.2, 0.25) is 0 Å². The molecule has 0 aliphatic carbocycles. The van der Waals surface area contributed by atoms with Crippen molar-refractivity contribution in [1.82, 2.24) is 10.6 Å². The summed E-state index contributed by atoms with van der Waals surface area (Å²) >= 11 is 1.75. The first-order valence-electron chi connectivity index (χ1n) is 8.07. The summed E-state index contributed by atoms with van der Waals surface area (Å²) in [5, 5.41) is 8.79. The van der Waals surface area contributed by atoms with Gasteiger partial charge in [-0.3, -0.25) is 4.99 Å². The van der Waals surface area contributed by atoms with E-state index in [-0.39, 0.29) is 36.1 Å². The fraction of sp³-hybridized carbons (Fsp3) is 0.688. The molecular formula is C16H28IN3O2S. The van der Waals surface area contributed by atoms with Gasteiger partial charge >= 0.3 is 0 Å². The third kappa shape index (κ3) is 7.82. The molecule has 0 saturated carbocycles. The number of thiophene rings is 1. The Morgan fingerprint density at radius 2 is 2.43 bits per heavy atom. The number of ether oxygens (including phenoxy) is 2. The number of guanidine groups is 1. The third-order valence-electron chi connectivity index (χ3n) is 3.50. The van der Waals surface area contributed by atoms with Gasteiger partial charge in [-0.1, -0.05) is 6.07 Å². The smallest absolute Gasteiger partial charge is 0.191 e. The SMILES string of the molecule is CCNC(=NCCOCC1CCCO1)NC(C)c1cccs1.I. The average molecular weight is 453 g/mol. The number of nitrogens with zero attached hydrogens (tertiary/aromatic N) is 1. The Bertz CT molecular complexity index is 437. The summed E-state index contributed by atoms with van der Waals surface area (Å²) in [6, 6.07) is 4.46. The zero-order valence-corrected chi connectivity index (χ0v) is 17.1. The molecule has 23 heavy (non-hydrogen) atoms. The van der Waals surface area contributed by atoms with Crippen molar-refractivity contribution in [3.05, 3.63) is 22.4 Å². The Labute approximate surface area is 160 Å². The van der Waals surface area contributed by atoms with Gasteiger partial charge in [0.1, 0.15) is 0 Å². The van der Waals surface area contributed by atoms with Crippen molar-refractivity contribution in [2.45, 2.75) is 38.8 Å². The maximum atomic E-state index is 5.64. The summed E-state index contributed by atoms with van der Waals surface area (Å²) in [4.78, 5) is 5.87. The van der Waals surface area contributed by atoms with Gasteiger partial charge in [0, 0.05) is 18.0 Å². The van der Waals surface area contributed by atoms with Crippen molar-refractivity contribution in [3.8, 4) is 0 Å². The lowest BCUT2D eigenvalue weighted by atomic mass is 10.2. The first-order valence-corrected chi connectivity index (χ1v) is 8.95. The number of nitrogens with one attached hydrogen (secondary N) is 2. The van der Waals surface area contributed by atoms with Crippen molar-refractivity contribution in [3.63, 3.8) is 0 Å². The quantitative estimate of drug-likeness (QED) is 0.275. The first-order chi connectivity index (χ1) is 10.8. The monoisotopic (exact) mass is 453 g/mol. The van der Waals surface area contributed by atoms with Crippen LogP contribution in [-0.4, -0.2) is 45.0 Å². The van der Waals surface area contributed by atoms with Crippen LogP contribution in [0.25, 0.3) is 0 Å². The molecule has 1 aliphatic rings. The highest BCUT2D eigenvalue weighted by molar-refractivity contribution is 14.0. The van der Waals surface area contributed by atoms with Crippen LogP contribution in [0.15, 0.2) is 22.5 Å². The standard InChI is InChI=1S/C16H27N3O2S.HI/c1-3-17-16(19-13(2)15-7-5-11-22-15)18-8-10-20-12-14-6-4-9-21-14;/h5,7,11,13-14H,3-4,6,8-10,12H2,1-2H3,(H2,17,18,19);1H. The van der Waals surface area contributed by atoms with Crippen LogP contribution < -0.4 is 10.6 Å². The Kier molecular flexibility index (Phi) is 10.8. The van der Waals surface area contributed by atoms with E-state index in [1.165, 1.54) is 4.88 Å². The molecule has 2 unspecified atom stereocenters. The minimum absolute atomic E-state index is 0. The fourth-order valence-electron chi connectivity index (χ4n) is 2.35. The maximum absolute atomic E-state index is 5.64. The lowest BCUT2D eigenvalue weighted by molar-refractivity contribution is 0.0200. The van der Waals surface area contributed by atoms with Gasteiger partial charge in [0.25, 0.3) is 0 Å². The van der Waals surface area contributed by atoms with Gasteiger partial charge in [0.15, 0.2) is 5.96 Å². The largest absolute Gasteiger partial charge is 0.377 e. The molecule has 2 rings (SSSR count). The van der Waals surface area contributed by atoms with Crippen LogP contribution in [0.5, 0.6) is 0 Å². The molecule has 1 fully saturated rings. The van der Waals surface area contributed by atoms with Crippen molar-refractivity contribution in [1.29, 1.82) is 0 Å². The van der Waals surface area contributed by atoms with Crippen LogP contribution in [0.4, 0.5) is 0 Å². The molecule has 2 heterocycles. The summed E-state index contributed by atoms with van der Waals surface area (Å²) in [6.45, 7) is 7.91. The molecule has 2 N–H and O–H groups in total. The van der Waals surface area contributed by atoms with E-state index in [1.54, 1.807) is 11.3 Å². The predicted molar refractivity (Wildman–Crippen MR) is 107 cm³/mol. The molecule has 0 bridgehead atoms. The van der Waals surface area contributed by atoms with Gasteiger partial charge in [-0.05, 0) is 38.1 Å². The molecule has 2 atom stereocenters. The molecule has 5 nitrogen and oxygen atoms in total. The highest BCUT2D eigenvalue weighted by atomic mass is 127. The van der Waals surface area contributed by atoms with Gasteiger partial charge in [0.05, 0.1) is 31.9 Å². The van der Waals surface area contributed by atoms with Gasteiger partial charge in [-0.2, -0.15) is 0 Å². The summed E-state index contributed by atoms with van der Waals surface area (Å²) < 4.78 is 11.2. The topological polar surface area (TPSA) is 54.9 Å². The second-order valence-electron chi connectivity index (χ2n) is 5.35. The lowest BCUT2D eigenvalue weighted by Crippen LogP contribution is -2.38. The molecule has 0 spiro atoms. The summed E-state index contributed by atoms with van der Waals surface area (Å²) in [5.41, 5.74) is 0. The second-order valence-corrected chi connectivity index (χ2v) is 6.33. The first kappa shape index (κ1) is 20.7. The van der Waals surface area contributed by atoms with E-state index in [1.807, 2.05) is 0 Å². The summed E-state index contributed by atoms with van der Waals surface area (Å²) in [6.07, 6.45) is 2.56. The van der Waals surface area contributed by atoms with Crippen LogP contribution in [0, 0.1) is 0 Å². The Hall–Kier alpha value is -0.380. The van der Waals surface area contributed by atoms with E-state index >= 15 is 0 Å². The van der Waals surface area contributed by atoms with Gasteiger partial charge in [-0.15, -0.1) is 35.3 Å². The minimum atomic E-state index is 0. The molecular weight excluding hydrogens is 425 g/mol.